The summed E-state index contributed by atoms with van der Waals surface area (Å²) in [4.78, 5) is 1.58. The van der Waals surface area contributed by atoms with E-state index in [1.165, 1.54) is 0 Å². The molecule has 3 rings (SSSR count). The average Bonchev–Trinajstić information content (AvgIpc) is 2.85. The molecule has 0 amide bonds. The number of benzene rings is 2. The van der Waals surface area contributed by atoms with E-state index in [-0.39, 0.29) is 5.96 Å². The van der Waals surface area contributed by atoms with Gasteiger partial charge < -0.3 is 15.1 Å². The maximum Gasteiger partial charge on any atom is 0.193 e. The molecule has 0 aliphatic carbocycles. The number of fused-ring (bicyclic) bond motifs is 1. The second-order valence-corrected chi connectivity index (χ2v) is 5.72. The Morgan fingerprint density at radius 1 is 1.09 bits per heavy atom. The molecule has 2 aromatic carbocycles. The van der Waals surface area contributed by atoms with Gasteiger partial charge in [0.05, 0.1) is 6.54 Å². The van der Waals surface area contributed by atoms with Crippen LogP contribution < -0.4 is 10.6 Å². The summed E-state index contributed by atoms with van der Waals surface area (Å²) in [7, 11) is 0. The number of rotatable bonds is 3. The second-order valence-electron chi connectivity index (χ2n) is 4.85. The highest BCUT2D eigenvalue weighted by molar-refractivity contribution is 6.35. The highest BCUT2D eigenvalue weighted by Gasteiger charge is 2.14. The molecule has 0 aliphatic rings. The van der Waals surface area contributed by atoms with Crippen molar-refractivity contribution in [2.24, 2.45) is 5.73 Å². The number of nitrogens with one attached hydrogen (secondary N) is 1. The summed E-state index contributed by atoms with van der Waals surface area (Å²) in [6, 6.07) is 14.7. The fourth-order valence-electron chi connectivity index (χ4n) is 2.28. The van der Waals surface area contributed by atoms with Crippen LogP contribution in [0.5, 0.6) is 0 Å². The van der Waals surface area contributed by atoms with Gasteiger partial charge in [-0.25, -0.2) is 0 Å². The molecule has 0 radical (unpaired) electrons. The Balaban J connectivity index is 1.96. The van der Waals surface area contributed by atoms with Crippen molar-refractivity contribution in [3.05, 3.63) is 64.3 Å². The SMILES string of the molecule is N=C(N)N(Cc1cc2ccccc2o1)c1cc(Cl)cc(Cl)c1. The van der Waals surface area contributed by atoms with E-state index < -0.39 is 0 Å². The van der Waals surface area contributed by atoms with Crippen LogP contribution in [0.2, 0.25) is 10.0 Å². The van der Waals surface area contributed by atoms with Crippen molar-refractivity contribution in [3.8, 4) is 0 Å². The summed E-state index contributed by atoms with van der Waals surface area (Å²) < 4.78 is 5.77. The standard InChI is InChI=1S/C16H13Cl2N3O/c17-11-6-12(18)8-13(7-11)21(16(19)20)9-14-5-10-3-1-2-4-15(10)22-14/h1-8H,9H2,(H3,19,20). The first-order valence-corrected chi connectivity index (χ1v) is 7.33. The zero-order chi connectivity index (χ0) is 15.7. The maximum atomic E-state index is 7.79. The molecule has 22 heavy (non-hydrogen) atoms. The van der Waals surface area contributed by atoms with Crippen LogP contribution in [-0.2, 0) is 6.54 Å². The van der Waals surface area contributed by atoms with Crippen LogP contribution >= 0.6 is 23.2 Å². The summed E-state index contributed by atoms with van der Waals surface area (Å²) in [6.45, 7) is 0.320. The van der Waals surface area contributed by atoms with Gasteiger partial charge >= 0.3 is 0 Å². The van der Waals surface area contributed by atoms with Gasteiger partial charge in [0, 0.05) is 21.1 Å². The van der Waals surface area contributed by atoms with E-state index >= 15 is 0 Å². The Labute approximate surface area is 137 Å². The quantitative estimate of drug-likeness (QED) is 0.542. The van der Waals surface area contributed by atoms with Crippen LogP contribution in [0, 0.1) is 5.41 Å². The van der Waals surface area contributed by atoms with Gasteiger partial charge in [-0.05, 0) is 30.3 Å². The fraction of sp³-hybridized carbons (Fsp3) is 0.0625. The Morgan fingerprint density at radius 2 is 1.77 bits per heavy atom. The molecular weight excluding hydrogens is 321 g/mol. The molecule has 1 aromatic heterocycles. The molecular formula is C16H13Cl2N3O. The molecule has 0 fully saturated rings. The number of hydrogen-bond acceptors (Lipinski definition) is 2. The second kappa shape index (κ2) is 5.91. The molecule has 0 saturated heterocycles. The average molecular weight is 334 g/mol. The fourth-order valence-corrected chi connectivity index (χ4v) is 2.80. The van der Waals surface area contributed by atoms with Gasteiger partial charge in [0.1, 0.15) is 11.3 Å². The third-order valence-electron chi connectivity index (χ3n) is 3.24. The number of halogens is 2. The Morgan fingerprint density at radius 3 is 2.41 bits per heavy atom. The van der Waals surface area contributed by atoms with E-state index in [1.807, 2.05) is 30.3 Å². The van der Waals surface area contributed by atoms with Crippen LogP contribution in [0.1, 0.15) is 5.76 Å². The maximum absolute atomic E-state index is 7.79. The number of nitrogens with two attached hydrogens (primary N) is 1. The number of para-hydroxylation sites is 1. The zero-order valence-corrected chi connectivity index (χ0v) is 13.0. The molecule has 0 bridgehead atoms. The summed E-state index contributed by atoms with van der Waals surface area (Å²) in [5, 5.41) is 9.76. The Bertz CT molecular complexity index is 791. The molecule has 3 N–H and O–H groups in total. The molecule has 0 aliphatic heterocycles. The van der Waals surface area contributed by atoms with Gasteiger partial charge in [0.25, 0.3) is 0 Å². The van der Waals surface area contributed by atoms with E-state index in [2.05, 4.69) is 0 Å². The highest BCUT2D eigenvalue weighted by Crippen LogP contribution is 2.27. The van der Waals surface area contributed by atoms with Gasteiger partial charge in [-0.3, -0.25) is 5.41 Å². The van der Waals surface area contributed by atoms with Crippen LogP contribution in [0.15, 0.2) is 52.9 Å². The van der Waals surface area contributed by atoms with E-state index in [0.717, 1.165) is 11.0 Å². The van der Waals surface area contributed by atoms with Crippen molar-refractivity contribution in [2.45, 2.75) is 6.54 Å². The lowest BCUT2D eigenvalue weighted by atomic mass is 10.2. The number of nitrogens with zero attached hydrogens (tertiary/aromatic N) is 1. The van der Waals surface area contributed by atoms with Gasteiger partial charge in [-0.15, -0.1) is 0 Å². The molecule has 0 spiro atoms. The van der Waals surface area contributed by atoms with Crippen molar-refractivity contribution < 1.29 is 4.42 Å². The Kier molecular flexibility index (Phi) is 3.96. The number of anilines is 1. The third kappa shape index (κ3) is 3.03. The first-order valence-electron chi connectivity index (χ1n) is 6.58. The molecule has 4 nitrogen and oxygen atoms in total. The molecule has 1 heterocycles. The lowest BCUT2D eigenvalue weighted by Crippen LogP contribution is -2.35. The molecule has 3 aromatic rings. The highest BCUT2D eigenvalue weighted by atomic mass is 35.5. The lowest BCUT2D eigenvalue weighted by Gasteiger charge is -2.22. The number of hydrogen-bond donors (Lipinski definition) is 2. The van der Waals surface area contributed by atoms with E-state index in [9.17, 15) is 0 Å². The summed E-state index contributed by atoms with van der Waals surface area (Å²) in [6.07, 6.45) is 0. The van der Waals surface area contributed by atoms with Crippen molar-refractivity contribution in [1.29, 1.82) is 5.41 Å². The van der Waals surface area contributed by atoms with Gasteiger partial charge in [-0.2, -0.15) is 0 Å². The lowest BCUT2D eigenvalue weighted by molar-refractivity contribution is 0.551. The van der Waals surface area contributed by atoms with Crippen LogP contribution in [0.3, 0.4) is 0 Å². The number of guanidine groups is 1. The Hall–Kier alpha value is -2.17. The minimum Gasteiger partial charge on any atom is -0.459 e. The first kappa shape index (κ1) is 14.8. The monoisotopic (exact) mass is 333 g/mol. The summed E-state index contributed by atoms with van der Waals surface area (Å²) in [5.74, 6) is 0.589. The zero-order valence-electron chi connectivity index (χ0n) is 11.5. The summed E-state index contributed by atoms with van der Waals surface area (Å²) >= 11 is 12.0. The molecule has 6 heteroatoms. The van der Waals surface area contributed by atoms with Crippen LogP contribution in [0.25, 0.3) is 11.0 Å². The smallest absolute Gasteiger partial charge is 0.193 e. The summed E-state index contributed by atoms with van der Waals surface area (Å²) in [5.41, 5.74) is 7.13. The first-order chi connectivity index (χ1) is 10.5. The van der Waals surface area contributed by atoms with Gasteiger partial charge in [0.2, 0.25) is 0 Å². The largest absolute Gasteiger partial charge is 0.459 e. The van der Waals surface area contributed by atoms with Gasteiger partial charge in [0.15, 0.2) is 5.96 Å². The predicted molar refractivity (Wildman–Crippen MR) is 90.8 cm³/mol. The molecule has 0 atom stereocenters. The van der Waals surface area contributed by atoms with Crippen molar-refractivity contribution in [2.75, 3.05) is 4.90 Å². The number of furan rings is 1. The third-order valence-corrected chi connectivity index (χ3v) is 3.68. The van der Waals surface area contributed by atoms with Crippen molar-refractivity contribution >= 4 is 45.8 Å². The molecule has 0 saturated carbocycles. The van der Waals surface area contributed by atoms with E-state index in [1.54, 1.807) is 23.1 Å². The van der Waals surface area contributed by atoms with E-state index in [4.69, 9.17) is 38.8 Å². The minimum absolute atomic E-state index is 0.112. The van der Waals surface area contributed by atoms with Crippen molar-refractivity contribution in [1.82, 2.24) is 0 Å². The normalized spacial score (nSPS) is 10.8. The predicted octanol–water partition coefficient (Wildman–Crippen LogP) is 4.64. The van der Waals surface area contributed by atoms with E-state index in [0.29, 0.717) is 28.0 Å². The molecule has 112 valence electrons. The topological polar surface area (TPSA) is 66.2 Å². The van der Waals surface area contributed by atoms with Gasteiger partial charge in [-0.1, -0.05) is 41.4 Å². The van der Waals surface area contributed by atoms with Crippen LogP contribution in [0.4, 0.5) is 5.69 Å². The molecule has 0 unspecified atom stereocenters. The van der Waals surface area contributed by atoms with Crippen LogP contribution in [-0.4, -0.2) is 5.96 Å². The van der Waals surface area contributed by atoms with Crippen molar-refractivity contribution in [3.63, 3.8) is 0 Å². The minimum atomic E-state index is -0.112.